The zero-order valence-electron chi connectivity index (χ0n) is 13.0. The van der Waals surface area contributed by atoms with Crippen molar-refractivity contribution >= 4 is 11.6 Å². The lowest BCUT2D eigenvalue weighted by atomic mass is 9.83. The monoisotopic (exact) mass is 349 g/mol. The number of hydrogen-bond donors (Lipinski definition) is 0. The number of ether oxygens (including phenoxy) is 1. The van der Waals surface area contributed by atoms with Crippen molar-refractivity contribution < 1.29 is 27.5 Å². The SMILES string of the molecule is O=C1CC(=O)CC(c2ccc(-c3cccc(OC(F)(F)F)c3)nc2)C1. The summed E-state index contributed by atoms with van der Waals surface area (Å²) in [4.78, 5) is 27.4. The summed E-state index contributed by atoms with van der Waals surface area (Å²) in [6.07, 6.45) is -2.59. The number of rotatable bonds is 3. The maximum absolute atomic E-state index is 12.3. The predicted molar refractivity (Wildman–Crippen MR) is 83.0 cm³/mol. The van der Waals surface area contributed by atoms with Crippen molar-refractivity contribution in [3.05, 3.63) is 48.2 Å². The third-order valence-corrected chi connectivity index (χ3v) is 3.96. The Balaban J connectivity index is 1.79. The molecule has 1 aliphatic rings. The maximum atomic E-state index is 12.3. The molecule has 0 unspecified atom stereocenters. The van der Waals surface area contributed by atoms with Crippen molar-refractivity contribution in [3.8, 4) is 17.0 Å². The zero-order chi connectivity index (χ0) is 18.0. The third kappa shape index (κ3) is 4.43. The first-order valence-electron chi connectivity index (χ1n) is 7.66. The highest BCUT2D eigenvalue weighted by Crippen LogP contribution is 2.31. The molecule has 2 aromatic rings. The number of carbonyl (C=O) groups excluding carboxylic acids is 2. The van der Waals surface area contributed by atoms with Gasteiger partial charge >= 0.3 is 6.36 Å². The lowest BCUT2D eigenvalue weighted by molar-refractivity contribution is -0.274. The highest BCUT2D eigenvalue weighted by atomic mass is 19.4. The Kier molecular flexibility index (Phi) is 4.57. The summed E-state index contributed by atoms with van der Waals surface area (Å²) in [7, 11) is 0. The number of benzene rings is 1. The second kappa shape index (κ2) is 6.66. The van der Waals surface area contributed by atoms with Crippen LogP contribution in [0.2, 0.25) is 0 Å². The van der Waals surface area contributed by atoms with Crippen molar-refractivity contribution in [2.75, 3.05) is 0 Å². The molecule has 1 heterocycles. The predicted octanol–water partition coefficient (Wildman–Crippen LogP) is 4.05. The van der Waals surface area contributed by atoms with Crippen molar-refractivity contribution in [3.63, 3.8) is 0 Å². The highest BCUT2D eigenvalue weighted by molar-refractivity contribution is 6.02. The average molecular weight is 349 g/mol. The van der Waals surface area contributed by atoms with Gasteiger partial charge in [0, 0.05) is 24.6 Å². The minimum absolute atomic E-state index is 0.00594. The molecule has 1 aromatic carbocycles. The molecule has 25 heavy (non-hydrogen) atoms. The van der Waals surface area contributed by atoms with E-state index in [2.05, 4.69) is 9.72 Å². The maximum Gasteiger partial charge on any atom is 0.573 e. The van der Waals surface area contributed by atoms with E-state index in [4.69, 9.17) is 0 Å². The average Bonchev–Trinajstić information content (AvgIpc) is 2.53. The standard InChI is InChI=1S/C18H14F3NO3/c19-18(20,21)25-16-3-1-2-11(8-16)17-5-4-12(10-22-17)13-6-14(23)9-15(24)7-13/h1-5,8,10,13H,6-7,9H2. The lowest BCUT2D eigenvalue weighted by Gasteiger charge is -2.20. The molecule has 0 atom stereocenters. The van der Waals surface area contributed by atoms with Gasteiger partial charge in [-0.2, -0.15) is 0 Å². The van der Waals surface area contributed by atoms with E-state index >= 15 is 0 Å². The van der Waals surface area contributed by atoms with E-state index in [1.54, 1.807) is 24.4 Å². The summed E-state index contributed by atoms with van der Waals surface area (Å²) in [5.74, 6) is -0.667. The number of ketones is 2. The smallest absolute Gasteiger partial charge is 0.406 e. The van der Waals surface area contributed by atoms with Crippen molar-refractivity contribution in [1.29, 1.82) is 0 Å². The van der Waals surface area contributed by atoms with Crippen molar-refractivity contribution in [1.82, 2.24) is 4.98 Å². The van der Waals surface area contributed by atoms with Gasteiger partial charge in [0.1, 0.15) is 17.3 Å². The minimum atomic E-state index is -4.75. The number of halogens is 3. The van der Waals surface area contributed by atoms with Gasteiger partial charge in [-0.05, 0) is 29.7 Å². The van der Waals surface area contributed by atoms with E-state index in [0.29, 0.717) is 24.1 Å². The number of pyridine rings is 1. The van der Waals surface area contributed by atoms with Crippen LogP contribution in [0.15, 0.2) is 42.6 Å². The van der Waals surface area contributed by atoms with Gasteiger partial charge in [-0.1, -0.05) is 18.2 Å². The Morgan fingerprint density at radius 3 is 2.36 bits per heavy atom. The van der Waals surface area contributed by atoms with Crippen LogP contribution < -0.4 is 4.74 Å². The van der Waals surface area contributed by atoms with Gasteiger partial charge in [0.25, 0.3) is 0 Å². The molecule has 3 rings (SSSR count). The third-order valence-electron chi connectivity index (χ3n) is 3.96. The Hall–Kier alpha value is -2.70. The normalized spacial score (nSPS) is 16.1. The number of carbonyl (C=O) groups is 2. The Labute approximate surface area is 141 Å². The Morgan fingerprint density at radius 2 is 1.76 bits per heavy atom. The van der Waals surface area contributed by atoms with E-state index in [9.17, 15) is 22.8 Å². The fourth-order valence-corrected chi connectivity index (χ4v) is 2.89. The molecule has 7 heteroatoms. The minimum Gasteiger partial charge on any atom is -0.406 e. The van der Waals surface area contributed by atoms with Crippen LogP contribution in [0.5, 0.6) is 5.75 Å². The summed E-state index contributed by atoms with van der Waals surface area (Å²) in [5, 5.41) is 0. The first kappa shape index (κ1) is 17.1. The van der Waals surface area contributed by atoms with Gasteiger partial charge < -0.3 is 4.74 Å². The topological polar surface area (TPSA) is 56.3 Å². The van der Waals surface area contributed by atoms with Gasteiger partial charge in [-0.25, -0.2) is 0 Å². The summed E-state index contributed by atoms with van der Waals surface area (Å²) in [6, 6.07) is 8.94. The van der Waals surface area contributed by atoms with E-state index < -0.39 is 6.36 Å². The molecule has 1 saturated carbocycles. The number of nitrogens with zero attached hydrogens (tertiary/aromatic N) is 1. The van der Waals surface area contributed by atoms with E-state index in [0.717, 1.165) is 5.56 Å². The lowest BCUT2D eigenvalue weighted by Crippen LogP contribution is -2.21. The van der Waals surface area contributed by atoms with Crippen LogP contribution in [0.25, 0.3) is 11.3 Å². The van der Waals surface area contributed by atoms with Gasteiger partial charge in [-0.15, -0.1) is 13.2 Å². The second-order valence-electron chi connectivity index (χ2n) is 5.91. The Morgan fingerprint density at radius 1 is 1.04 bits per heavy atom. The first-order valence-corrected chi connectivity index (χ1v) is 7.66. The number of aromatic nitrogens is 1. The molecule has 4 nitrogen and oxygen atoms in total. The largest absolute Gasteiger partial charge is 0.573 e. The van der Waals surface area contributed by atoms with E-state index in [1.165, 1.54) is 18.2 Å². The van der Waals surface area contributed by atoms with Crippen LogP contribution in [0.1, 0.15) is 30.7 Å². The van der Waals surface area contributed by atoms with Crippen molar-refractivity contribution in [2.45, 2.75) is 31.5 Å². The number of alkyl halides is 3. The van der Waals surface area contributed by atoms with Crippen molar-refractivity contribution in [2.24, 2.45) is 0 Å². The van der Waals surface area contributed by atoms with Crippen LogP contribution in [0.3, 0.4) is 0 Å². The molecule has 0 saturated heterocycles. The second-order valence-corrected chi connectivity index (χ2v) is 5.91. The van der Waals surface area contributed by atoms with Crippen LogP contribution in [0.4, 0.5) is 13.2 Å². The van der Waals surface area contributed by atoms with Crippen LogP contribution in [0, 0.1) is 0 Å². The molecule has 0 amide bonds. The number of hydrogen-bond acceptors (Lipinski definition) is 4. The highest BCUT2D eigenvalue weighted by Gasteiger charge is 2.31. The molecule has 1 aliphatic carbocycles. The molecule has 0 spiro atoms. The first-order chi connectivity index (χ1) is 11.8. The molecule has 130 valence electrons. The molecule has 0 N–H and O–H groups in total. The summed E-state index contributed by atoms with van der Waals surface area (Å²) in [6.45, 7) is 0. The quantitative estimate of drug-likeness (QED) is 0.785. The van der Waals surface area contributed by atoms with Gasteiger partial charge in [0.15, 0.2) is 0 Å². The molecular formula is C18H14F3NO3. The molecule has 0 aliphatic heterocycles. The Bertz CT molecular complexity index is 784. The van der Waals surface area contributed by atoms with Gasteiger partial charge in [-0.3, -0.25) is 14.6 Å². The fraction of sp³-hybridized carbons (Fsp3) is 0.278. The van der Waals surface area contributed by atoms with E-state index in [1.807, 2.05) is 0 Å². The summed E-state index contributed by atoms with van der Waals surface area (Å²) in [5.41, 5.74) is 1.72. The van der Waals surface area contributed by atoms with Gasteiger partial charge in [0.2, 0.25) is 0 Å². The zero-order valence-corrected chi connectivity index (χ0v) is 13.0. The number of Topliss-reactive ketones (excluding diaryl/α,β-unsaturated/α-hetero) is 2. The fourth-order valence-electron chi connectivity index (χ4n) is 2.89. The molecule has 0 bridgehead atoms. The molecular weight excluding hydrogens is 335 g/mol. The van der Waals surface area contributed by atoms with E-state index in [-0.39, 0.29) is 29.7 Å². The summed E-state index contributed by atoms with van der Waals surface area (Å²) >= 11 is 0. The van der Waals surface area contributed by atoms with Crippen LogP contribution in [-0.4, -0.2) is 22.9 Å². The molecule has 0 radical (unpaired) electrons. The van der Waals surface area contributed by atoms with Crippen LogP contribution >= 0.6 is 0 Å². The molecule has 1 aromatic heterocycles. The summed E-state index contributed by atoms with van der Waals surface area (Å²) < 4.78 is 40.8. The van der Waals surface area contributed by atoms with Gasteiger partial charge in [0.05, 0.1) is 12.1 Å². The van der Waals surface area contributed by atoms with Crippen LogP contribution in [-0.2, 0) is 9.59 Å². The molecule has 1 fully saturated rings.